The third kappa shape index (κ3) is 4.44. The molecule has 0 saturated carbocycles. The van der Waals surface area contributed by atoms with Crippen LogP contribution in [0.15, 0.2) is 24.3 Å². The van der Waals surface area contributed by atoms with Crippen LogP contribution in [-0.2, 0) is 11.2 Å². The fraction of sp³-hybridized carbons (Fsp3) is 0.500. The quantitative estimate of drug-likeness (QED) is 0.850. The highest BCUT2D eigenvalue weighted by molar-refractivity contribution is 5.74. The summed E-state index contributed by atoms with van der Waals surface area (Å²) in [5.41, 5.74) is 1.14. The molecule has 1 atom stereocenters. The topological polar surface area (TPSA) is 59.6 Å². The molecule has 1 heterocycles. The van der Waals surface area contributed by atoms with Gasteiger partial charge in [-0.3, -0.25) is 0 Å². The predicted octanol–water partition coefficient (Wildman–Crippen LogP) is 1.67. The Morgan fingerprint density at radius 1 is 1.53 bits per heavy atom. The minimum Gasteiger partial charge on any atom is -0.497 e. The number of hydrogen-bond acceptors (Lipinski definition) is 3. The van der Waals surface area contributed by atoms with Gasteiger partial charge in [-0.15, -0.1) is 0 Å². The number of benzene rings is 1. The van der Waals surface area contributed by atoms with E-state index in [1.807, 2.05) is 24.3 Å². The van der Waals surface area contributed by atoms with E-state index in [0.717, 1.165) is 37.2 Å². The van der Waals surface area contributed by atoms with Gasteiger partial charge in [0, 0.05) is 13.2 Å². The number of nitrogens with one attached hydrogen (secondary N) is 2. The van der Waals surface area contributed by atoms with Gasteiger partial charge in [0.1, 0.15) is 12.0 Å². The summed E-state index contributed by atoms with van der Waals surface area (Å²) in [6.45, 7) is 1.32. The van der Waals surface area contributed by atoms with E-state index in [-0.39, 0.29) is 12.3 Å². The summed E-state index contributed by atoms with van der Waals surface area (Å²) in [7, 11) is 1.65. The van der Waals surface area contributed by atoms with E-state index in [0.29, 0.717) is 6.54 Å². The zero-order valence-corrected chi connectivity index (χ0v) is 11.1. The van der Waals surface area contributed by atoms with Gasteiger partial charge in [0.25, 0.3) is 0 Å². The van der Waals surface area contributed by atoms with Crippen LogP contribution in [0.4, 0.5) is 4.79 Å². The maximum absolute atomic E-state index is 11.6. The fourth-order valence-corrected chi connectivity index (χ4v) is 2.04. The van der Waals surface area contributed by atoms with E-state index in [2.05, 4.69) is 10.6 Å². The van der Waals surface area contributed by atoms with E-state index >= 15 is 0 Å². The fourth-order valence-electron chi connectivity index (χ4n) is 2.04. The molecule has 5 nitrogen and oxygen atoms in total. The van der Waals surface area contributed by atoms with Crippen molar-refractivity contribution < 1.29 is 14.3 Å². The Kier molecular flexibility index (Phi) is 5.03. The van der Waals surface area contributed by atoms with Crippen LogP contribution in [0.1, 0.15) is 18.4 Å². The van der Waals surface area contributed by atoms with Gasteiger partial charge in [0.2, 0.25) is 0 Å². The maximum atomic E-state index is 11.6. The normalized spacial score (nSPS) is 18.1. The molecule has 1 aliphatic rings. The second-order valence-corrected chi connectivity index (χ2v) is 4.50. The van der Waals surface area contributed by atoms with Crippen LogP contribution in [0.25, 0.3) is 0 Å². The first kappa shape index (κ1) is 13.7. The summed E-state index contributed by atoms with van der Waals surface area (Å²) in [5, 5.41) is 5.62. The number of rotatable bonds is 5. The molecule has 1 aromatic rings. The van der Waals surface area contributed by atoms with Crippen LogP contribution >= 0.6 is 0 Å². The molecule has 19 heavy (non-hydrogen) atoms. The Hall–Kier alpha value is -1.75. The van der Waals surface area contributed by atoms with Crippen molar-refractivity contribution in [1.82, 2.24) is 10.6 Å². The average Bonchev–Trinajstić information content (AvgIpc) is 2.92. The van der Waals surface area contributed by atoms with E-state index in [1.165, 1.54) is 0 Å². The molecule has 1 aromatic carbocycles. The highest BCUT2D eigenvalue weighted by Crippen LogP contribution is 2.12. The van der Waals surface area contributed by atoms with Crippen molar-refractivity contribution in [1.29, 1.82) is 0 Å². The van der Waals surface area contributed by atoms with Crippen LogP contribution in [0.3, 0.4) is 0 Å². The molecule has 2 amide bonds. The Balaban J connectivity index is 1.68. The van der Waals surface area contributed by atoms with E-state index in [1.54, 1.807) is 7.11 Å². The van der Waals surface area contributed by atoms with Crippen molar-refractivity contribution in [2.75, 3.05) is 20.3 Å². The predicted molar refractivity (Wildman–Crippen MR) is 72.2 cm³/mol. The lowest BCUT2D eigenvalue weighted by Crippen LogP contribution is -2.42. The van der Waals surface area contributed by atoms with Crippen molar-refractivity contribution in [2.24, 2.45) is 0 Å². The molecule has 5 heteroatoms. The van der Waals surface area contributed by atoms with E-state index < -0.39 is 0 Å². The lowest BCUT2D eigenvalue weighted by atomic mass is 10.1. The Bertz CT molecular complexity index is 417. The summed E-state index contributed by atoms with van der Waals surface area (Å²) in [6, 6.07) is 7.67. The zero-order chi connectivity index (χ0) is 13.5. The average molecular weight is 264 g/mol. The van der Waals surface area contributed by atoms with Gasteiger partial charge in [-0.2, -0.15) is 0 Å². The van der Waals surface area contributed by atoms with E-state index in [4.69, 9.17) is 9.47 Å². The Morgan fingerprint density at radius 2 is 2.42 bits per heavy atom. The van der Waals surface area contributed by atoms with Gasteiger partial charge in [-0.1, -0.05) is 12.1 Å². The molecule has 0 aromatic heterocycles. The summed E-state index contributed by atoms with van der Waals surface area (Å²) in [4.78, 5) is 11.6. The Morgan fingerprint density at radius 3 is 3.16 bits per heavy atom. The van der Waals surface area contributed by atoms with Gasteiger partial charge >= 0.3 is 6.03 Å². The number of carbonyl (C=O) groups is 1. The number of urea groups is 1. The molecule has 2 rings (SSSR count). The second-order valence-electron chi connectivity index (χ2n) is 4.50. The molecule has 2 N–H and O–H groups in total. The molecule has 0 bridgehead atoms. The van der Waals surface area contributed by atoms with Crippen molar-refractivity contribution in [3.05, 3.63) is 29.8 Å². The molecule has 1 saturated heterocycles. The molecule has 104 valence electrons. The van der Waals surface area contributed by atoms with Crippen molar-refractivity contribution in [3.63, 3.8) is 0 Å². The molecule has 1 fully saturated rings. The van der Waals surface area contributed by atoms with Crippen LogP contribution in [0.2, 0.25) is 0 Å². The lowest BCUT2D eigenvalue weighted by Gasteiger charge is -2.12. The third-order valence-electron chi connectivity index (χ3n) is 3.06. The van der Waals surface area contributed by atoms with Gasteiger partial charge in [-0.05, 0) is 37.0 Å². The lowest BCUT2D eigenvalue weighted by molar-refractivity contribution is 0.0908. The van der Waals surface area contributed by atoms with Gasteiger partial charge in [0.15, 0.2) is 0 Å². The summed E-state index contributed by atoms with van der Waals surface area (Å²) >= 11 is 0. The third-order valence-corrected chi connectivity index (χ3v) is 3.06. The molecule has 0 aliphatic carbocycles. The second kappa shape index (κ2) is 6.99. The summed E-state index contributed by atoms with van der Waals surface area (Å²) in [6.07, 6.45) is 2.55. The molecule has 1 aliphatic heterocycles. The highest BCUT2D eigenvalue weighted by Gasteiger charge is 2.16. The highest BCUT2D eigenvalue weighted by atomic mass is 16.5. The minimum atomic E-state index is -0.171. The minimum absolute atomic E-state index is 0.128. The monoisotopic (exact) mass is 264 g/mol. The number of amides is 2. The first-order chi connectivity index (χ1) is 9.28. The first-order valence-corrected chi connectivity index (χ1v) is 6.57. The number of methoxy groups -OCH3 is 1. The molecular formula is C14H20N2O3. The number of hydrogen-bond donors (Lipinski definition) is 2. The SMILES string of the molecule is COc1cccc(CCNC(=O)NC2CCCO2)c1. The van der Waals surface area contributed by atoms with Crippen molar-refractivity contribution >= 4 is 6.03 Å². The Labute approximate surface area is 113 Å². The summed E-state index contributed by atoms with van der Waals surface area (Å²) < 4.78 is 10.5. The van der Waals surface area contributed by atoms with Crippen LogP contribution in [-0.4, -0.2) is 32.5 Å². The van der Waals surface area contributed by atoms with Gasteiger partial charge in [0.05, 0.1) is 7.11 Å². The molecule has 0 radical (unpaired) electrons. The van der Waals surface area contributed by atoms with Gasteiger partial charge < -0.3 is 20.1 Å². The van der Waals surface area contributed by atoms with Crippen LogP contribution in [0.5, 0.6) is 5.75 Å². The van der Waals surface area contributed by atoms with Crippen LogP contribution < -0.4 is 15.4 Å². The molecular weight excluding hydrogens is 244 g/mol. The molecule has 0 spiro atoms. The number of ether oxygens (including phenoxy) is 2. The number of carbonyl (C=O) groups excluding carboxylic acids is 1. The smallest absolute Gasteiger partial charge is 0.316 e. The van der Waals surface area contributed by atoms with E-state index in [9.17, 15) is 4.79 Å². The van der Waals surface area contributed by atoms with Crippen molar-refractivity contribution in [3.8, 4) is 5.75 Å². The van der Waals surface area contributed by atoms with Crippen LogP contribution in [0, 0.1) is 0 Å². The van der Waals surface area contributed by atoms with Gasteiger partial charge in [-0.25, -0.2) is 4.79 Å². The first-order valence-electron chi connectivity index (χ1n) is 6.57. The standard InChI is InChI=1S/C14H20N2O3/c1-18-12-5-2-4-11(10-12)7-8-15-14(17)16-13-6-3-9-19-13/h2,4-5,10,13H,3,6-9H2,1H3,(H2,15,16,17). The van der Waals surface area contributed by atoms with Crippen molar-refractivity contribution in [2.45, 2.75) is 25.5 Å². The zero-order valence-electron chi connectivity index (χ0n) is 11.1. The maximum Gasteiger partial charge on any atom is 0.316 e. The largest absolute Gasteiger partial charge is 0.497 e. The molecule has 1 unspecified atom stereocenters. The summed E-state index contributed by atoms with van der Waals surface area (Å²) in [5.74, 6) is 0.835.